The van der Waals surface area contributed by atoms with Crippen LogP contribution in [0, 0.1) is 0 Å². The number of methoxy groups -OCH3 is 2. The van der Waals surface area contributed by atoms with Gasteiger partial charge in [-0.15, -0.1) is 4.98 Å². The molecule has 0 amide bonds. The summed E-state index contributed by atoms with van der Waals surface area (Å²) in [6, 6.07) is 39.0. The molecule has 0 aliphatic heterocycles. The van der Waals surface area contributed by atoms with Gasteiger partial charge in [-0.25, -0.2) is 0 Å². The fourth-order valence-electron chi connectivity index (χ4n) is 7.35. The van der Waals surface area contributed by atoms with E-state index in [4.69, 9.17) is 28.4 Å². The van der Waals surface area contributed by atoms with Crippen LogP contribution in [-0.2, 0) is 0 Å². The molecule has 6 aromatic rings. The van der Waals surface area contributed by atoms with Crippen LogP contribution in [0.25, 0.3) is 17.5 Å². The minimum absolute atomic E-state index is 0.300. The summed E-state index contributed by atoms with van der Waals surface area (Å²) in [5.41, 5.74) is 5.01. The van der Waals surface area contributed by atoms with Crippen molar-refractivity contribution in [2.75, 3.05) is 40.6 Å². The molecule has 6 rings (SSSR count). The van der Waals surface area contributed by atoms with Crippen molar-refractivity contribution in [3.05, 3.63) is 133 Å². The number of rotatable bonds is 34. The third-order valence-electron chi connectivity index (χ3n) is 11.5. The number of ether oxygens (including phenoxy) is 6. The highest BCUT2D eigenvalue weighted by Gasteiger charge is 2.12. The van der Waals surface area contributed by atoms with Gasteiger partial charge in [0.25, 0.3) is 0 Å². The van der Waals surface area contributed by atoms with E-state index in [-0.39, 0.29) is 0 Å². The monoisotopic (exact) mass is 948 g/mol. The lowest BCUT2D eigenvalue weighted by atomic mass is 10.1. The summed E-state index contributed by atoms with van der Waals surface area (Å²) >= 11 is 0. The number of unbranched alkanes of at least 4 members (excludes halogenated alkanes) is 14. The summed E-state index contributed by atoms with van der Waals surface area (Å²) in [7, 11) is 3.29. The lowest BCUT2D eigenvalue weighted by Gasteiger charge is -2.10. The van der Waals surface area contributed by atoms with Crippen LogP contribution in [0.1, 0.15) is 108 Å². The summed E-state index contributed by atoms with van der Waals surface area (Å²) in [5.74, 6) is 3.82. The van der Waals surface area contributed by atoms with Gasteiger partial charge in [-0.05, 0) is 128 Å². The van der Waals surface area contributed by atoms with E-state index in [1.807, 2.05) is 127 Å². The molecule has 0 spiro atoms. The topological polar surface area (TPSA) is 143 Å². The van der Waals surface area contributed by atoms with Crippen LogP contribution in [0.15, 0.2) is 148 Å². The number of hydrogen-bond donors (Lipinski definition) is 0. The molecule has 0 aliphatic rings. The maximum Gasteiger partial charge on any atom is 0.323 e. The van der Waals surface area contributed by atoms with Crippen molar-refractivity contribution in [3.63, 3.8) is 0 Å². The Morgan fingerprint density at radius 1 is 0.357 bits per heavy atom. The van der Waals surface area contributed by atoms with Crippen LogP contribution < -0.4 is 28.4 Å². The highest BCUT2D eigenvalue weighted by Crippen LogP contribution is 2.26. The molecule has 13 heteroatoms. The maximum absolute atomic E-state index is 6.06. The van der Waals surface area contributed by atoms with Crippen molar-refractivity contribution in [2.24, 2.45) is 20.5 Å². The number of nitrogens with zero attached hydrogens (tertiary/aromatic N) is 7. The zero-order valence-electron chi connectivity index (χ0n) is 41.1. The molecule has 5 aromatic carbocycles. The van der Waals surface area contributed by atoms with E-state index in [0.29, 0.717) is 44.3 Å². The summed E-state index contributed by atoms with van der Waals surface area (Å²) in [6.45, 7) is 6.37. The normalized spacial score (nSPS) is 11.2. The van der Waals surface area contributed by atoms with Crippen LogP contribution in [0.2, 0.25) is 0 Å². The smallest absolute Gasteiger partial charge is 0.323 e. The zero-order chi connectivity index (χ0) is 48.7. The van der Waals surface area contributed by atoms with Gasteiger partial charge < -0.3 is 28.4 Å². The first-order chi connectivity index (χ1) is 34.6. The molecule has 0 unspecified atom stereocenters. The van der Waals surface area contributed by atoms with Gasteiger partial charge in [-0.3, -0.25) is 0 Å². The summed E-state index contributed by atoms with van der Waals surface area (Å²) < 4.78 is 34.4. The Kier molecular flexibility index (Phi) is 23.2. The Labute approximate surface area is 414 Å². The number of hydrogen-bond acceptors (Lipinski definition) is 13. The molecule has 368 valence electrons. The third kappa shape index (κ3) is 19.8. The van der Waals surface area contributed by atoms with Crippen LogP contribution in [0.5, 0.6) is 35.0 Å². The van der Waals surface area contributed by atoms with E-state index in [1.165, 1.54) is 51.4 Å². The van der Waals surface area contributed by atoms with Crippen molar-refractivity contribution in [1.29, 1.82) is 0 Å². The minimum Gasteiger partial charge on any atom is -0.497 e. The van der Waals surface area contributed by atoms with E-state index in [0.717, 1.165) is 108 Å². The van der Waals surface area contributed by atoms with E-state index >= 15 is 0 Å². The standard InChI is InChI=1S/C57H69N7O6/c1-4-45-21-23-46(24-22-45)55-58-56(69-43-19-15-11-7-5-9-13-17-41-67-53-37-29-49(30-38-53)63-61-47-25-33-51(65-2)34-26-47)60-57(59-55)70-44-20-16-12-8-6-10-14-18-42-68-54-39-31-50(32-40-54)64-62-48-27-35-52(66-3)36-28-48/h4,21-40H,1,5-20,41-44H2,2-3H3. The predicted octanol–water partition coefficient (Wildman–Crippen LogP) is 16.2. The first-order valence-corrected chi connectivity index (χ1v) is 24.9. The van der Waals surface area contributed by atoms with E-state index in [1.54, 1.807) is 14.2 Å². The van der Waals surface area contributed by atoms with Crippen molar-refractivity contribution in [2.45, 2.75) is 103 Å². The Hall–Kier alpha value is -7.15. The fraction of sp³-hybridized carbons (Fsp3) is 0.386. The zero-order valence-corrected chi connectivity index (χ0v) is 41.1. The summed E-state index contributed by atoms with van der Waals surface area (Å²) in [4.78, 5) is 13.8. The van der Waals surface area contributed by atoms with Gasteiger partial charge >= 0.3 is 12.0 Å². The lowest BCUT2D eigenvalue weighted by Crippen LogP contribution is -2.07. The molecule has 13 nitrogen and oxygen atoms in total. The second-order valence-electron chi connectivity index (χ2n) is 16.9. The highest BCUT2D eigenvalue weighted by atomic mass is 16.5. The average Bonchev–Trinajstić information content (AvgIpc) is 3.41. The maximum atomic E-state index is 6.06. The van der Waals surface area contributed by atoms with E-state index < -0.39 is 0 Å². The van der Waals surface area contributed by atoms with Crippen molar-refractivity contribution < 1.29 is 28.4 Å². The molecular formula is C57H69N7O6. The van der Waals surface area contributed by atoms with Gasteiger partial charge in [0.2, 0.25) is 0 Å². The molecule has 0 bridgehead atoms. The first-order valence-electron chi connectivity index (χ1n) is 24.9. The largest absolute Gasteiger partial charge is 0.497 e. The molecule has 0 fully saturated rings. The summed E-state index contributed by atoms with van der Waals surface area (Å²) in [6.07, 6.45) is 19.8. The van der Waals surface area contributed by atoms with Gasteiger partial charge in [0.15, 0.2) is 5.82 Å². The lowest BCUT2D eigenvalue weighted by molar-refractivity contribution is 0.253. The van der Waals surface area contributed by atoms with Gasteiger partial charge in [-0.2, -0.15) is 30.4 Å². The quantitative estimate of drug-likeness (QED) is 0.0285. The van der Waals surface area contributed by atoms with Crippen LogP contribution in [-0.4, -0.2) is 55.6 Å². The van der Waals surface area contributed by atoms with Crippen molar-refractivity contribution >= 4 is 28.8 Å². The number of aromatic nitrogens is 3. The predicted molar refractivity (Wildman–Crippen MR) is 278 cm³/mol. The number of azo groups is 2. The van der Waals surface area contributed by atoms with E-state index in [9.17, 15) is 0 Å². The van der Waals surface area contributed by atoms with Gasteiger partial charge in [0.05, 0.1) is 63.4 Å². The van der Waals surface area contributed by atoms with Crippen LogP contribution in [0.4, 0.5) is 22.7 Å². The molecule has 0 atom stereocenters. The van der Waals surface area contributed by atoms with Gasteiger partial charge in [-0.1, -0.05) is 114 Å². The van der Waals surface area contributed by atoms with Crippen LogP contribution in [0.3, 0.4) is 0 Å². The molecular weight excluding hydrogens is 879 g/mol. The molecule has 70 heavy (non-hydrogen) atoms. The second-order valence-corrected chi connectivity index (χ2v) is 16.9. The van der Waals surface area contributed by atoms with Gasteiger partial charge in [0, 0.05) is 5.56 Å². The van der Waals surface area contributed by atoms with Crippen molar-refractivity contribution in [1.82, 2.24) is 15.0 Å². The van der Waals surface area contributed by atoms with Gasteiger partial charge in [0.1, 0.15) is 23.0 Å². The van der Waals surface area contributed by atoms with Crippen molar-refractivity contribution in [3.8, 4) is 46.4 Å². The molecule has 0 saturated heterocycles. The molecule has 0 N–H and O–H groups in total. The molecule has 0 aliphatic carbocycles. The second kappa shape index (κ2) is 31.1. The summed E-state index contributed by atoms with van der Waals surface area (Å²) in [5, 5.41) is 17.2. The molecule has 1 aromatic heterocycles. The van der Waals surface area contributed by atoms with Crippen LogP contribution >= 0.6 is 0 Å². The molecule has 1 heterocycles. The average molecular weight is 948 g/mol. The molecule has 0 radical (unpaired) electrons. The number of benzene rings is 5. The highest BCUT2D eigenvalue weighted by molar-refractivity contribution is 5.59. The third-order valence-corrected chi connectivity index (χ3v) is 11.5. The Morgan fingerprint density at radius 3 is 0.971 bits per heavy atom. The Balaban J connectivity index is 0.780. The first kappa shape index (κ1) is 52.2. The minimum atomic E-state index is 0.300. The molecule has 0 saturated carbocycles. The van der Waals surface area contributed by atoms with E-state index in [2.05, 4.69) is 42.0 Å². The fourth-order valence-corrected chi connectivity index (χ4v) is 7.35. The SMILES string of the molecule is C=Cc1ccc(-c2nc(OCCCCCCCCCCOc3ccc(N=Nc4ccc(OC)cc4)cc3)nc(OCCCCCCCCCCOc3ccc(N=Nc4ccc(OC)cc4)cc3)n2)cc1. The Bertz CT molecular complexity index is 2290. The Morgan fingerprint density at radius 2 is 0.657 bits per heavy atom.